The maximum Gasteiger partial charge on any atom is 0.200 e. The van der Waals surface area contributed by atoms with Crippen molar-refractivity contribution in [3.05, 3.63) is 34.6 Å². The lowest BCUT2D eigenvalue weighted by Gasteiger charge is -2.12. The molecule has 0 fully saturated rings. The van der Waals surface area contributed by atoms with Gasteiger partial charge in [0.05, 0.1) is 12.6 Å². The van der Waals surface area contributed by atoms with Crippen LogP contribution in [0.3, 0.4) is 0 Å². The predicted octanol–water partition coefficient (Wildman–Crippen LogP) is 1.37. The summed E-state index contributed by atoms with van der Waals surface area (Å²) in [6.07, 6.45) is 0. The third-order valence-corrected chi connectivity index (χ3v) is 1.81. The van der Waals surface area contributed by atoms with Gasteiger partial charge in [-0.25, -0.2) is 22.0 Å². The molecule has 1 aromatic carbocycles. The fourth-order valence-corrected chi connectivity index (χ4v) is 1.04. The number of halogens is 5. The zero-order valence-electron chi connectivity index (χ0n) is 7.20. The Balaban J connectivity index is 3.52. The van der Waals surface area contributed by atoms with Gasteiger partial charge < -0.3 is 10.8 Å². The topological polar surface area (TPSA) is 46.2 Å². The lowest BCUT2D eigenvalue weighted by Crippen LogP contribution is -2.20. The second kappa shape index (κ2) is 4.11. The van der Waals surface area contributed by atoms with E-state index in [0.717, 1.165) is 0 Å². The molecule has 0 heterocycles. The van der Waals surface area contributed by atoms with Crippen LogP contribution in [-0.2, 0) is 0 Å². The Bertz CT molecular complexity index is 366. The van der Waals surface area contributed by atoms with E-state index in [1.165, 1.54) is 0 Å². The van der Waals surface area contributed by atoms with Crippen LogP contribution in [-0.4, -0.2) is 11.7 Å². The van der Waals surface area contributed by atoms with Crippen LogP contribution in [0.4, 0.5) is 22.0 Å². The number of hydrogen-bond acceptors (Lipinski definition) is 2. The Labute approximate surface area is 81.1 Å². The molecule has 0 saturated heterocycles. The molecule has 84 valence electrons. The fourth-order valence-electron chi connectivity index (χ4n) is 1.04. The van der Waals surface area contributed by atoms with Crippen LogP contribution in [0.1, 0.15) is 11.6 Å². The van der Waals surface area contributed by atoms with Crippen molar-refractivity contribution in [2.75, 3.05) is 6.61 Å². The van der Waals surface area contributed by atoms with Crippen molar-refractivity contribution in [3.63, 3.8) is 0 Å². The first-order chi connectivity index (χ1) is 6.91. The summed E-state index contributed by atoms with van der Waals surface area (Å²) in [6, 6.07) is -1.66. The minimum atomic E-state index is -2.25. The molecule has 3 N–H and O–H groups in total. The fraction of sp³-hybridized carbons (Fsp3) is 0.250. The summed E-state index contributed by atoms with van der Waals surface area (Å²) in [4.78, 5) is 0. The lowest BCUT2D eigenvalue weighted by molar-refractivity contribution is 0.257. The molecule has 0 aliphatic rings. The highest BCUT2D eigenvalue weighted by molar-refractivity contribution is 5.26. The van der Waals surface area contributed by atoms with Crippen LogP contribution in [0.25, 0.3) is 0 Å². The van der Waals surface area contributed by atoms with Gasteiger partial charge in [0.25, 0.3) is 0 Å². The van der Waals surface area contributed by atoms with E-state index in [1.54, 1.807) is 0 Å². The lowest BCUT2D eigenvalue weighted by atomic mass is 10.1. The summed E-state index contributed by atoms with van der Waals surface area (Å²) in [5.74, 6) is -10.4. The Kier molecular flexibility index (Phi) is 3.25. The molecule has 1 atom stereocenters. The van der Waals surface area contributed by atoms with Gasteiger partial charge >= 0.3 is 0 Å². The van der Waals surface area contributed by atoms with Crippen LogP contribution >= 0.6 is 0 Å². The number of nitrogens with two attached hydrogens (primary N) is 1. The van der Waals surface area contributed by atoms with Gasteiger partial charge in [-0.05, 0) is 0 Å². The van der Waals surface area contributed by atoms with Crippen molar-refractivity contribution in [2.24, 2.45) is 5.73 Å². The SMILES string of the molecule is NC(CO)c1c(F)c(F)c(F)c(F)c1F. The quantitative estimate of drug-likeness (QED) is 0.455. The number of aliphatic hydroxyl groups is 1. The number of benzene rings is 1. The van der Waals surface area contributed by atoms with Crippen LogP contribution < -0.4 is 5.73 Å². The molecule has 0 aliphatic heterocycles. The van der Waals surface area contributed by atoms with Crippen LogP contribution in [0.5, 0.6) is 0 Å². The van der Waals surface area contributed by atoms with Crippen molar-refractivity contribution in [1.82, 2.24) is 0 Å². The molecular weight excluding hydrogens is 221 g/mol. The normalized spacial score (nSPS) is 13.0. The van der Waals surface area contributed by atoms with Gasteiger partial charge in [0.15, 0.2) is 23.3 Å². The average molecular weight is 227 g/mol. The third-order valence-electron chi connectivity index (χ3n) is 1.81. The van der Waals surface area contributed by atoms with Gasteiger partial charge in [-0.3, -0.25) is 0 Å². The molecule has 0 saturated carbocycles. The summed E-state index contributed by atoms with van der Waals surface area (Å²) >= 11 is 0. The Morgan fingerprint density at radius 2 is 1.20 bits per heavy atom. The summed E-state index contributed by atoms with van der Waals surface area (Å²) in [6.45, 7) is -0.932. The maximum atomic E-state index is 12.9. The van der Waals surface area contributed by atoms with Gasteiger partial charge in [0.2, 0.25) is 5.82 Å². The Morgan fingerprint density at radius 1 is 0.867 bits per heavy atom. The molecule has 2 nitrogen and oxygen atoms in total. The van der Waals surface area contributed by atoms with Crippen molar-refractivity contribution >= 4 is 0 Å². The summed E-state index contributed by atoms with van der Waals surface area (Å²) in [5, 5.41) is 8.49. The van der Waals surface area contributed by atoms with Crippen LogP contribution in [0.2, 0.25) is 0 Å². The van der Waals surface area contributed by atoms with E-state index in [-0.39, 0.29) is 0 Å². The number of hydrogen-bond donors (Lipinski definition) is 2. The molecule has 0 amide bonds. The molecule has 0 aromatic heterocycles. The van der Waals surface area contributed by atoms with E-state index in [9.17, 15) is 22.0 Å². The molecule has 0 radical (unpaired) electrons. The first-order valence-corrected chi connectivity index (χ1v) is 3.79. The first kappa shape index (κ1) is 11.9. The monoisotopic (exact) mass is 227 g/mol. The third kappa shape index (κ3) is 1.80. The highest BCUT2D eigenvalue weighted by Crippen LogP contribution is 2.26. The van der Waals surface area contributed by atoms with Crippen molar-refractivity contribution in [2.45, 2.75) is 6.04 Å². The van der Waals surface area contributed by atoms with Gasteiger partial charge in [0, 0.05) is 5.56 Å². The highest BCUT2D eigenvalue weighted by atomic mass is 19.2. The molecule has 1 aromatic rings. The van der Waals surface area contributed by atoms with Gasteiger partial charge in [0.1, 0.15) is 0 Å². The summed E-state index contributed by atoms with van der Waals surface area (Å²) in [7, 11) is 0. The molecule has 0 aliphatic carbocycles. The van der Waals surface area contributed by atoms with Crippen LogP contribution in [0.15, 0.2) is 0 Å². The minimum absolute atomic E-state index is 0.932. The zero-order valence-corrected chi connectivity index (χ0v) is 7.20. The molecule has 1 unspecified atom stereocenters. The van der Waals surface area contributed by atoms with Gasteiger partial charge in [-0.1, -0.05) is 0 Å². The predicted molar refractivity (Wildman–Crippen MR) is 40.2 cm³/mol. The number of aliphatic hydroxyl groups excluding tert-OH is 1. The van der Waals surface area contributed by atoms with Crippen molar-refractivity contribution in [3.8, 4) is 0 Å². The second-order valence-corrected chi connectivity index (χ2v) is 2.77. The summed E-state index contributed by atoms with van der Waals surface area (Å²) in [5.41, 5.74) is 3.78. The van der Waals surface area contributed by atoms with Crippen molar-refractivity contribution in [1.29, 1.82) is 0 Å². The molecule has 0 bridgehead atoms. The van der Waals surface area contributed by atoms with E-state index < -0.39 is 47.3 Å². The Hall–Kier alpha value is -1.21. The summed E-state index contributed by atoms with van der Waals surface area (Å²) < 4.78 is 63.6. The minimum Gasteiger partial charge on any atom is -0.394 e. The van der Waals surface area contributed by atoms with Crippen molar-refractivity contribution < 1.29 is 27.1 Å². The molecule has 1 rings (SSSR count). The molecule has 7 heteroatoms. The van der Waals surface area contributed by atoms with Gasteiger partial charge in [-0.15, -0.1) is 0 Å². The highest BCUT2D eigenvalue weighted by Gasteiger charge is 2.28. The second-order valence-electron chi connectivity index (χ2n) is 2.77. The van der Waals surface area contributed by atoms with E-state index in [1.807, 2.05) is 0 Å². The van der Waals surface area contributed by atoms with E-state index in [0.29, 0.717) is 0 Å². The van der Waals surface area contributed by atoms with E-state index >= 15 is 0 Å². The van der Waals surface area contributed by atoms with Gasteiger partial charge in [-0.2, -0.15) is 0 Å². The molecule has 15 heavy (non-hydrogen) atoms. The average Bonchev–Trinajstić information content (AvgIpc) is 2.23. The largest absolute Gasteiger partial charge is 0.394 e. The zero-order chi connectivity index (χ0) is 11.7. The van der Waals surface area contributed by atoms with E-state index in [2.05, 4.69) is 0 Å². The maximum absolute atomic E-state index is 12.9. The van der Waals surface area contributed by atoms with Crippen LogP contribution in [0, 0.1) is 29.1 Å². The molecule has 0 spiro atoms. The molecular formula is C8H6F5NO. The van der Waals surface area contributed by atoms with E-state index in [4.69, 9.17) is 10.8 Å². The smallest absolute Gasteiger partial charge is 0.200 e. The first-order valence-electron chi connectivity index (χ1n) is 3.79. The Morgan fingerprint density at radius 3 is 1.53 bits per heavy atom. The number of rotatable bonds is 2. The standard InChI is InChI=1S/C8H6F5NO/c9-4-3(2(14)1-15)5(10)7(12)8(13)6(4)11/h2,15H,1,14H2.